The van der Waals surface area contributed by atoms with Gasteiger partial charge < -0.3 is 0 Å². The molecule has 8 nitrogen and oxygen atoms in total. The van der Waals surface area contributed by atoms with Gasteiger partial charge in [-0.1, -0.05) is 24.3 Å². The second-order valence-corrected chi connectivity index (χ2v) is 5.97. The molecule has 0 unspecified atom stereocenters. The number of aliphatic imine (C=N–C) groups is 1. The van der Waals surface area contributed by atoms with E-state index in [-0.39, 0.29) is 11.8 Å². The summed E-state index contributed by atoms with van der Waals surface area (Å²) in [6, 6.07) is 6.82. The first-order valence-electron chi connectivity index (χ1n) is 7.63. The zero-order valence-electron chi connectivity index (χ0n) is 13.4. The van der Waals surface area contributed by atoms with Crippen LogP contribution in [0.5, 0.6) is 0 Å². The Morgan fingerprint density at radius 3 is 2.38 bits per heavy atom. The molecule has 0 spiro atoms. The number of hydrogen-bond donors (Lipinski definition) is 3. The number of amides is 2. The van der Waals surface area contributed by atoms with Crippen molar-refractivity contribution in [3.8, 4) is 0 Å². The Hall–Kier alpha value is -2.36. The summed E-state index contributed by atoms with van der Waals surface area (Å²) in [6.07, 6.45) is 1.76. The highest BCUT2D eigenvalue weighted by Crippen LogP contribution is 2.31. The maximum Gasteiger partial charge on any atom is 0.272 e. The average molecular weight is 346 g/mol. The van der Waals surface area contributed by atoms with E-state index in [1.807, 2.05) is 13.8 Å². The molecule has 2 amide bonds. The van der Waals surface area contributed by atoms with Gasteiger partial charge in [0.05, 0.1) is 11.1 Å². The molecular weight excluding hydrogens is 328 g/mol. The van der Waals surface area contributed by atoms with Crippen molar-refractivity contribution in [3.05, 3.63) is 46.5 Å². The van der Waals surface area contributed by atoms with E-state index in [2.05, 4.69) is 21.3 Å². The largest absolute Gasteiger partial charge is 0.279 e. The third kappa shape index (κ3) is 3.14. The van der Waals surface area contributed by atoms with Gasteiger partial charge >= 0.3 is 0 Å². The van der Waals surface area contributed by atoms with Crippen LogP contribution < -0.4 is 16.3 Å². The van der Waals surface area contributed by atoms with E-state index in [0.717, 1.165) is 16.3 Å². The molecule has 3 rings (SSSR count). The summed E-state index contributed by atoms with van der Waals surface area (Å²) >= 11 is 1.04. The highest BCUT2D eigenvalue weighted by atomic mass is 32.2. The lowest BCUT2D eigenvalue weighted by molar-refractivity contribution is 0.0773. The number of fused-ring (bicyclic) bond motifs is 1. The number of rotatable bonds is 5. The fourth-order valence-electron chi connectivity index (χ4n) is 2.33. The summed E-state index contributed by atoms with van der Waals surface area (Å²) in [5, 5.41) is 2.16. The Labute approximate surface area is 144 Å². The number of carbonyl (C=O) groups excluding carboxylic acids is 2. The first-order chi connectivity index (χ1) is 11.6. The van der Waals surface area contributed by atoms with E-state index in [0.29, 0.717) is 35.1 Å². The quantitative estimate of drug-likeness (QED) is 0.542. The minimum atomic E-state index is -0.314. The Balaban J connectivity index is 1.81. The fourth-order valence-corrected chi connectivity index (χ4v) is 3.18. The minimum Gasteiger partial charge on any atom is -0.279 e. The number of hydrogen-bond acceptors (Lipinski definition) is 7. The van der Waals surface area contributed by atoms with Crippen molar-refractivity contribution >= 4 is 29.6 Å². The maximum absolute atomic E-state index is 12.4. The first kappa shape index (κ1) is 16.5. The molecule has 2 aliphatic rings. The molecule has 3 N–H and O–H groups in total. The van der Waals surface area contributed by atoms with Crippen molar-refractivity contribution in [3.63, 3.8) is 0 Å². The smallest absolute Gasteiger partial charge is 0.272 e. The predicted molar refractivity (Wildman–Crippen MR) is 92.4 cm³/mol. The van der Waals surface area contributed by atoms with Gasteiger partial charge in [-0.05, 0) is 19.1 Å². The average Bonchev–Trinajstić information content (AvgIpc) is 2.81. The SMILES string of the molecule is CCN=C1C=C(SN2C(=O)c3ccccc3C2=O)NN(NCC)N1. The third-order valence-electron chi connectivity index (χ3n) is 3.31. The number of benzene rings is 1. The molecule has 0 fully saturated rings. The second kappa shape index (κ2) is 7.04. The van der Waals surface area contributed by atoms with Gasteiger partial charge in [-0.2, -0.15) is 0 Å². The Bertz CT molecular complexity index is 697. The van der Waals surface area contributed by atoms with E-state index < -0.39 is 0 Å². The van der Waals surface area contributed by atoms with Crippen molar-refractivity contribution in [1.82, 2.24) is 25.8 Å². The molecular formula is C15H18N6O2S. The van der Waals surface area contributed by atoms with Crippen LogP contribution in [-0.2, 0) is 0 Å². The molecule has 0 saturated heterocycles. The van der Waals surface area contributed by atoms with Crippen LogP contribution in [-0.4, -0.2) is 40.3 Å². The molecule has 1 aromatic carbocycles. The van der Waals surface area contributed by atoms with Crippen molar-refractivity contribution in [1.29, 1.82) is 0 Å². The number of nitrogens with zero attached hydrogens (tertiary/aromatic N) is 3. The molecule has 0 radical (unpaired) electrons. The summed E-state index contributed by atoms with van der Waals surface area (Å²) in [5.41, 5.74) is 9.99. The maximum atomic E-state index is 12.4. The minimum absolute atomic E-state index is 0.314. The summed E-state index contributed by atoms with van der Waals surface area (Å²) in [7, 11) is 0. The lowest BCUT2D eigenvalue weighted by Gasteiger charge is -2.31. The third-order valence-corrected chi connectivity index (χ3v) is 4.23. The van der Waals surface area contributed by atoms with Gasteiger partial charge in [0.1, 0.15) is 10.9 Å². The number of amidine groups is 1. The topological polar surface area (TPSA) is 89.1 Å². The molecule has 1 aromatic rings. The van der Waals surface area contributed by atoms with E-state index in [1.165, 1.54) is 0 Å². The Morgan fingerprint density at radius 2 is 1.79 bits per heavy atom. The zero-order valence-corrected chi connectivity index (χ0v) is 14.2. The van der Waals surface area contributed by atoms with Gasteiger partial charge in [0, 0.05) is 31.1 Å². The molecule has 2 aliphatic heterocycles. The Morgan fingerprint density at radius 1 is 1.12 bits per heavy atom. The van der Waals surface area contributed by atoms with E-state index in [1.54, 1.807) is 35.6 Å². The van der Waals surface area contributed by atoms with Gasteiger partial charge in [0.25, 0.3) is 11.8 Å². The van der Waals surface area contributed by atoms with E-state index in [4.69, 9.17) is 0 Å². The van der Waals surface area contributed by atoms with Gasteiger partial charge in [-0.3, -0.25) is 25.4 Å². The molecule has 0 bridgehead atoms. The van der Waals surface area contributed by atoms with Crippen molar-refractivity contribution in [2.24, 2.45) is 4.99 Å². The zero-order chi connectivity index (χ0) is 17.1. The number of hydrazine groups is 3. The van der Waals surface area contributed by atoms with E-state index in [9.17, 15) is 9.59 Å². The molecule has 0 aromatic heterocycles. The Kier molecular flexibility index (Phi) is 4.84. The monoisotopic (exact) mass is 346 g/mol. The van der Waals surface area contributed by atoms with Crippen LogP contribution in [0.15, 0.2) is 40.4 Å². The summed E-state index contributed by atoms with van der Waals surface area (Å²) in [5.74, 6) is 0.00735. The van der Waals surface area contributed by atoms with Gasteiger partial charge in [0.2, 0.25) is 0 Å². The fraction of sp³-hybridized carbons (Fsp3) is 0.267. The first-order valence-corrected chi connectivity index (χ1v) is 8.40. The van der Waals surface area contributed by atoms with Crippen LogP contribution in [0.25, 0.3) is 0 Å². The van der Waals surface area contributed by atoms with Crippen LogP contribution >= 0.6 is 11.9 Å². The molecule has 9 heteroatoms. The van der Waals surface area contributed by atoms with Gasteiger partial charge in [-0.25, -0.2) is 9.73 Å². The molecule has 126 valence electrons. The number of carbonyl (C=O) groups is 2. The lowest BCUT2D eigenvalue weighted by atomic mass is 10.1. The summed E-state index contributed by atoms with van der Waals surface area (Å²) in [4.78, 5) is 29.2. The standard InChI is InChI=1S/C15H18N6O2S/c1-3-16-12-9-13(19-21(18-12)17-4-2)24-20-14(22)10-7-5-6-8-11(10)15(20)23/h5-9,17,19H,3-4H2,1-2H3,(H,16,18). The van der Waals surface area contributed by atoms with Crippen LogP contribution in [0, 0.1) is 0 Å². The van der Waals surface area contributed by atoms with Crippen molar-refractivity contribution in [2.45, 2.75) is 13.8 Å². The van der Waals surface area contributed by atoms with Crippen LogP contribution in [0.4, 0.5) is 0 Å². The molecule has 24 heavy (non-hydrogen) atoms. The molecule has 0 saturated carbocycles. The molecule has 2 heterocycles. The van der Waals surface area contributed by atoms with Crippen molar-refractivity contribution in [2.75, 3.05) is 13.1 Å². The predicted octanol–water partition coefficient (Wildman–Crippen LogP) is 1.04. The summed E-state index contributed by atoms with van der Waals surface area (Å²) in [6.45, 7) is 5.18. The van der Waals surface area contributed by atoms with Gasteiger partial charge in [-0.15, -0.1) is 0 Å². The highest BCUT2D eigenvalue weighted by Gasteiger charge is 2.37. The van der Waals surface area contributed by atoms with Gasteiger partial charge in [0.15, 0.2) is 0 Å². The summed E-state index contributed by atoms with van der Waals surface area (Å²) < 4.78 is 1.16. The molecule has 0 aliphatic carbocycles. The van der Waals surface area contributed by atoms with Crippen LogP contribution in [0.3, 0.4) is 0 Å². The van der Waals surface area contributed by atoms with Crippen LogP contribution in [0.2, 0.25) is 0 Å². The lowest BCUT2D eigenvalue weighted by Crippen LogP contribution is -2.59. The van der Waals surface area contributed by atoms with Crippen molar-refractivity contribution < 1.29 is 9.59 Å². The normalized spacial score (nSPS) is 19.2. The number of imide groups is 1. The number of nitrogens with one attached hydrogen (secondary N) is 3. The van der Waals surface area contributed by atoms with Crippen LogP contribution in [0.1, 0.15) is 34.6 Å². The second-order valence-electron chi connectivity index (χ2n) is 4.98. The highest BCUT2D eigenvalue weighted by molar-refractivity contribution is 8.01. The molecule has 0 atom stereocenters. The van der Waals surface area contributed by atoms with E-state index >= 15 is 0 Å².